The molecular weight excluding hydrogens is 216 g/mol. The monoisotopic (exact) mass is 228 g/mol. The fourth-order valence-electron chi connectivity index (χ4n) is 1.65. The molecule has 2 rings (SSSR count). The average Bonchev–Trinajstić information content (AvgIpc) is 2.30. The molecule has 2 aromatic carbocycles. The summed E-state index contributed by atoms with van der Waals surface area (Å²) in [5.41, 5.74) is 3.67. The maximum Gasteiger partial charge on any atom is 0.0408 e. The van der Waals surface area contributed by atoms with Crippen LogP contribution >= 0.6 is 11.6 Å². The predicted molar refractivity (Wildman–Crippen MR) is 70.8 cm³/mol. The van der Waals surface area contributed by atoms with Crippen LogP contribution in [0.5, 0.6) is 0 Å². The van der Waals surface area contributed by atoms with E-state index in [4.69, 9.17) is 11.6 Å². The molecule has 0 radical (unpaired) electrons. The fraction of sp³-hybridized carbons (Fsp3) is 0.0667. The molecule has 0 amide bonds. The van der Waals surface area contributed by atoms with Crippen LogP contribution in [0.15, 0.2) is 55.1 Å². The topological polar surface area (TPSA) is 0 Å². The summed E-state index contributed by atoms with van der Waals surface area (Å²) in [5, 5.41) is 0.792. The maximum absolute atomic E-state index is 5.95. The van der Waals surface area contributed by atoms with Gasteiger partial charge in [-0.25, -0.2) is 0 Å². The lowest BCUT2D eigenvalue weighted by Crippen LogP contribution is -1.87. The van der Waals surface area contributed by atoms with Gasteiger partial charge < -0.3 is 0 Å². The van der Waals surface area contributed by atoms with Crippen LogP contribution in [0, 0.1) is 0 Å². The molecule has 0 saturated carbocycles. The quantitative estimate of drug-likeness (QED) is 0.722. The molecule has 0 atom stereocenters. The highest BCUT2D eigenvalue weighted by Crippen LogP contribution is 2.15. The molecule has 0 unspecified atom stereocenters. The van der Waals surface area contributed by atoms with Gasteiger partial charge in [0.1, 0.15) is 0 Å². The summed E-state index contributed by atoms with van der Waals surface area (Å²) < 4.78 is 0. The van der Waals surface area contributed by atoms with Crippen molar-refractivity contribution in [3.63, 3.8) is 0 Å². The molecule has 0 aromatic heterocycles. The van der Waals surface area contributed by atoms with Gasteiger partial charge in [0.2, 0.25) is 0 Å². The summed E-state index contributed by atoms with van der Waals surface area (Å²) in [5.74, 6) is 0. The molecule has 0 aliphatic carbocycles. The molecule has 0 heterocycles. The molecule has 0 nitrogen and oxygen atoms in total. The summed E-state index contributed by atoms with van der Waals surface area (Å²) >= 11 is 5.95. The Hall–Kier alpha value is -1.53. The third-order valence-corrected chi connectivity index (χ3v) is 2.75. The number of hydrogen-bond acceptors (Lipinski definition) is 0. The Morgan fingerprint density at radius 2 is 1.75 bits per heavy atom. The highest BCUT2D eigenvalue weighted by atomic mass is 35.5. The van der Waals surface area contributed by atoms with E-state index in [0.29, 0.717) is 0 Å². The third-order valence-electron chi connectivity index (χ3n) is 2.51. The minimum absolute atomic E-state index is 0.792. The van der Waals surface area contributed by atoms with Gasteiger partial charge in [0.25, 0.3) is 0 Å². The molecule has 1 heteroatoms. The minimum Gasteiger partial charge on any atom is -0.0985 e. The zero-order chi connectivity index (χ0) is 11.4. The van der Waals surface area contributed by atoms with E-state index >= 15 is 0 Å². The Morgan fingerprint density at radius 1 is 1.00 bits per heavy atom. The van der Waals surface area contributed by atoms with Crippen molar-refractivity contribution < 1.29 is 0 Å². The summed E-state index contributed by atoms with van der Waals surface area (Å²) in [6.45, 7) is 3.74. The Morgan fingerprint density at radius 3 is 2.38 bits per heavy atom. The molecule has 0 bridgehead atoms. The van der Waals surface area contributed by atoms with Crippen molar-refractivity contribution in [2.24, 2.45) is 0 Å². The van der Waals surface area contributed by atoms with Crippen molar-refractivity contribution in [1.29, 1.82) is 0 Å². The van der Waals surface area contributed by atoms with Crippen LogP contribution < -0.4 is 0 Å². The normalized spacial score (nSPS) is 10.1. The Labute approximate surface area is 101 Å². The third kappa shape index (κ3) is 2.74. The van der Waals surface area contributed by atoms with Crippen molar-refractivity contribution in [2.75, 3.05) is 0 Å². The molecule has 0 fully saturated rings. The maximum atomic E-state index is 5.95. The van der Waals surface area contributed by atoms with Crippen LogP contribution in [0.3, 0.4) is 0 Å². The first-order chi connectivity index (χ1) is 7.78. The first-order valence-corrected chi connectivity index (χ1v) is 5.61. The van der Waals surface area contributed by atoms with Crippen LogP contribution in [0.2, 0.25) is 5.02 Å². The van der Waals surface area contributed by atoms with E-state index in [1.165, 1.54) is 11.1 Å². The van der Waals surface area contributed by atoms with Crippen LogP contribution in [-0.2, 0) is 6.42 Å². The fourth-order valence-corrected chi connectivity index (χ4v) is 1.87. The standard InChI is InChI=1S/C15H13Cl/c1-2-12-6-8-13(9-7-12)10-14-4-3-5-15(16)11-14/h2-9,11H,1,10H2. The second-order valence-corrected chi connectivity index (χ2v) is 4.19. The summed E-state index contributed by atoms with van der Waals surface area (Å²) in [6, 6.07) is 16.4. The van der Waals surface area contributed by atoms with Gasteiger partial charge in [-0.15, -0.1) is 0 Å². The number of benzene rings is 2. The zero-order valence-corrected chi connectivity index (χ0v) is 9.74. The molecule has 0 aliphatic rings. The molecular formula is C15H13Cl. The van der Waals surface area contributed by atoms with Crippen molar-refractivity contribution in [2.45, 2.75) is 6.42 Å². The van der Waals surface area contributed by atoms with Gasteiger partial charge in [0.05, 0.1) is 0 Å². The summed E-state index contributed by atoms with van der Waals surface area (Å²) in [6.07, 6.45) is 2.77. The van der Waals surface area contributed by atoms with Gasteiger partial charge >= 0.3 is 0 Å². The number of halogens is 1. The Bertz CT molecular complexity index is 483. The van der Waals surface area contributed by atoms with Gasteiger partial charge in [0.15, 0.2) is 0 Å². The molecule has 0 N–H and O–H groups in total. The van der Waals surface area contributed by atoms with E-state index in [-0.39, 0.29) is 0 Å². The van der Waals surface area contributed by atoms with Gasteiger partial charge in [-0.2, -0.15) is 0 Å². The molecule has 0 spiro atoms. The van der Waals surface area contributed by atoms with Crippen LogP contribution in [0.25, 0.3) is 6.08 Å². The Kier molecular flexibility index (Phi) is 3.43. The summed E-state index contributed by atoms with van der Waals surface area (Å²) in [7, 11) is 0. The lowest BCUT2D eigenvalue weighted by Gasteiger charge is -2.03. The van der Waals surface area contributed by atoms with E-state index in [2.05, 4.69) is 36.9 Å². The second kappa shape index (κ2) is 5.00. The van der Waals surface area contributed by atoms with Gasteiger partial charge in [-0.3, -0.25) is 0 Å². The first kappa shape index (κ1) is 11.0. The van der Waals surface area contributed by atoms with Crippen LogP contribution in [0.4, 0.5) is 0 Å². The van der Waals surface area contributed by atoms with Gasteiger partial charge in [-0.1, -0.05) is 60.7 Å². The van der Waals surface area contributed by atoms with E-state index in [0.717, 1.165) is 17.0 Å². The van der Waals surface area contributed by atoms with Crippen molar-refractivity contribution in [3.05, 3.63) is 76.8 Å². The van der Waals surface area contributed by atoms with Gasteiger partial charge in [-0.05, 0) is 35.2 Å². The molecule has 80 valence electrons. The number of rotatable bonds is 3. The second-order valence-electron chi connectivity index (χ2n) is 3.75. The summed E-state index contributed by atoms with van der Waals surface area (Å²) in [4.78, 5) is 0. The average molecular weight is 229 g/mol. The smallest absolute Gasteiger partial charge is 0.0408 e. The van der Waals surface area contributed by atoms with Gasteiger partial charge in [0, 0.05) is 5.02 Å². The van der Waals surface area contributed by atoms with E-state index < -0.39 is 0 Å². The Balaban J connectivity index is 2.17. The molecule has 16 heavy (non-hydrogen) atoms. The van der Waals surface area contributed by atoms with Crippen molar-refractivity contribution in [3.8, 4) is 0 Å². The lowest BCUT2D eigenvalue weighted by molar-refractivity contribution is 1.19. The SMILES string of the molecule is C=Cc1ccc(Cc2cccc(Cl)c2)cc1. The van der Waals surface area contributed by atoms with E-state index in [1.807, 2.05) is 24.3 Å². The highest BCUT2D eigenvalue weighted by Gasteiger charge is 1.97. The first-order valence-electron chi connectivity index (χ1n) is 5.24. The zero-order valence-electron chi connectivity index (χ0n) is 8.99. The molecule has 0 saturated heterocycles. The van der Waals surface area contributed by atoms with Crippen LogP contribution in [-0.4, -0.2) is 0 Å². The number of hydrogen-bond donors (Lipinski definition) is 0. The van der Waals surface area contributed by atoms with E-state index in [1.54, 1.807) is 0 Å². The van der Waals surface area contributed by atoms with Crippen LogP contribution in [0.1, 0.15) is 16.7 Å². The van der Waals surface area contributed by atoms with Crippen molar-refractivity contribution >= 4 is 17.7 Å². The lowest BCUT2D eigenvalue weighted by atomic mass is 10.0. The predicted octanol–water partition coefficient (Wildman–Crippen LogP) is 4.57. The molecule has 2 aromatic rings. The highest BCUT2D eigenvalue weighted by molar-refractivity contribution is 6.30. The largest absolute Gasteiger partial charge is 0.0985 e. The molecule has 0 aliphatic heterocycles. The minimum atomic E-state index is 0.792. The van der Waals surface area contributed by atoms with E-state index in [9.17, 15) is 0 Å². The van der Waals surface area contributed by atoms with Crippen molar-refractivity contribution in [1.82, 2.24) is 0 Å².